The zero-order chi connectivity index (χ0) is 13.1. The van der Waals surface area contributed by atoms with E-state index in [-0.39, 0.29) is 11.9 Å². The van der Waals surface area contributed by atoms with Gasteiger partial charge in [0.1, 0.15) is 5.82 Å². The molecule has 0 saturated carbocycles. The van der Waals surface area contributed by atoms with Crippen LogP contribution in [0.4, 0.5) is 10.1 Å². The molecule has 0 bridgehead atoms. The number of benzene rings is 1. The fourth-order valence-corrected chi connectivity index (χ4v) is 2.74. The molecule has 1 aliphatic heterocycles. The first-order valence-corrected chi connectivity index (χ1v) is 6.88. The van der Waals surface area contributed by atoms with Gasteiger partial charge in [-0.2, -0.15) is 0 Å². The summed E-state index contributed by atoms with van der Waals surface area (Å²) in [5.41, 5.74) is 7.47. The molecule has 1 heterocycles. The molecule has 3 heteroatoms. The van der Waals surface area contributed by atoms with Crippen molar-refractivity contribution in [3.8, 4) is 0 Å². The van der Waals surface area contributed by atoms with E-state index >= 15 is 0 Å². The highest BCUT2D eigenvalue weighted by molar-refractivity contribution is 5.50. The molecule has 2 N–H and O–H groups in total. The van der Waals surface area contributed by atoms with E-state index in [0.29, 0.717) is 6.04 Å². The molecule has 0 aliphatic carbocycles. The Morgan fingerprint density at radius 2 is 2.22 bits per heavy atom. The Morgan fingerprint density at radius 3 is 2.83 bits per heavy atom. The smallest absolute Gasteiger partial charge is 0.146 e. The second kappa shape index (κ2) is 5.70. The normalized spacial score (nSPS) is 22.0. The van der Waals surface area contributed by atoms with E-state index in [9.17, 15) is 4.39 Å². The van der Waals surface area contributed by atoms with Crippen molar-refractivity contribution in [3.63, 3.8) is 0 Å². The maximum Gasteiger partial charge on any atom is 0.146 e. The van der Waals surface area contributed by atoms with Crippen molar-refractivity contribution >= 4 is 5.69 Å². The third kappa shape index (κ3) is 3.02. The summed E-state index contributed by atoms with van der Waals surface area (Å²) < 4.78 is 14.2. The summed E-state index contributed by atoms with van der Waals surface area (Å²) in [7, 11) is 0. The molecule has 2 rings (SSSR count). The Labute approximate surface area is 109 Å². The number of anilines is 1. The average Bonchev–Trinajstić information content (AvgIpc) is 2.30. The van der Waals surface area contributed by atoms with Crippen LogP contribution in [0.25, 0.3) is 0 Å². The summed E-state index contributed by atoms with van der Waals surface area (Å²) in [4.78, 5) is 2.19. The van der Waals surface area contributed by atoms with Gasteiger partial charge in [-0.15, -0.1) is 0 Å². The third-order valence-corrected chi connectivity index (χ3v) is 3.68. The van der Waals surface area contributed by atoms with Crippen LogP contribution >= 0.6 is 0 Å². The fraction of sp³-hybridized carbons (Fsp3) is 0.600. The summed E-state index contributed by atoms with van der Waals surface area (Å²) in [6.45, 7) is 5.08. The van der Waals surface area contributed by atoms with Crippen molar-refractivity contribution in [2.24, 2.45) is 5.73 Å². The van der Waals surface area contributed by atoms with E-state index in [0.717, 1.165) is 37.1 Å². The van der Waals surface area contributed by atoms with E-state index in [1.165, 1.54) is 6.42 Å². The van der Waals surface area contributed by atoms with Gasteiger partial charge in [0.25, 0.3) is 0 Å². The first-order valence-electron chi connectivity index (χ1n) is 6.88. The minimum atomic E-state index is -0.109. The number of rotatable bonds is 3. The van der Waals surface area contributed by atoms with E-state index in [4.69, 9.17) is 5.73 Å². The number of halogens is 1. The van der Waals surface area contributed by atoms with E-state index in [1.807, 2.05) is 19.1 Å². The molecular weight excluding hydrogens is 227 g/mol. The summed E-state index contributed by atoms with van der Waals surface area (Å²) in [5.74, 6) is -0.109. The van der Waals surface area contributed by atoms with Gasteiger partial charge in [0.05, 0.1) is 5.69 Å². The van der Waals surface area contributed by atoms with Gasteiger partial charge >= 0.3 is 0 Å². The molecule has 1 aliphatic rings. The number of hydrogen-bond acceptors (Lipinski definition) is 2. The van der Waals surface area contributed by atoms with Crippen LogP contribution in [0.5, 0.6) is 0 Å². The molecule has 1 aromatic carbocycles. The van der Waals surface area contributed by atoms with Crippen LogP contribution in [0.3, 0.4) is 0 Å². The molecule has 100 valence electrons. The molecule has 1 aromatic rings. The average molecular weight is 250 g/mol. The van der Waals surface area contributed by atoms with Crippen LogP contribution in [-0.2, 0) is 6.42 Å². The lowest BCUT2D eigenvalue weighted by Crippen LogP contribution is -2.38. The standard InChI is InChI=1S/C15H23FN2/c1-11(17)9-13-6-7-15(14(16)10-13)18-8-4-3-5-12(18)2/h6-7,10-12H,3-5,8-9,17H2,1-2H3. The minimum Gasteiger partial charge on any atom is -0.366 e. The second-order valence-corrected chi connectivity index (χ2v) is 5.51. The van der Waals surface area contributed by atoms with Crippen molar-refractivity contribution in [1.29, 1.82) is 0 Å². The Hall–Kier alpha value is -1.09. The maximum atomic E-state index is 14.2. The second-order valence-electron chi connectivity index (χ2n) is 5.51. The molecule has 1 fully saturated rings. The maximum absolute atomic E-state index is 14.2. The Morgan fingerprint density at radius 1 is 1.44 bits per heavy atom. The van der Waals surface area contributed by atoms with Gasteiger partial charge in [0, 0.05) is 18.6 Å². The van der Waals surface area contributed by atoms with Crippen molar-refractivity contribution in [3.05, 3.63) is 29.6 Å². The molecule has 0 spiro atoms. The zero-order valence-corrected chi connectivity index (χ0v) is 11.3. The van der Waals surface area contributed by atoms with Crippen LogP contribution in [0.15, 0.2) is 18.2 Å². The lowest BCUT2D eigenvalue weighted by atomic mass is 10.0. The third-order valence-electron chi connectivity index (χ3n) is 3.68. The monoisotopic (exact) mass is 250 g/mol. The Bertz CT molecular complexity index is 403. The van der Waals surface area contributed by atoms with Crippen LogP contribution in [0, 0.1) is 5.82 Å². The lowest BCUT2D eigenvalue weighted by Gasteiger charge is -2.35. The Kier molecular flexibility index (Phi) is 4.23. The topological polar surface area (TPSA) is 29.3 Å². The highest BCUT2D eigenvalue weighted by Crippen LogP contribution is 2.27. The highest BCUT2D eigenvalue weighted by atomic mass is 19.1. The van der Waals surface area contributed by atoms with E-state index in [1.54, 1.807) is 6.07 Å². The first kappa shape index (κ1) is 13.3. The van der Waals surface area contributed by atoms with Crippen LogP contribution in [0.2, 0.25) is 0 Å². The summed E-state index contributed by atoms with van der Waals surface area (Å²) >= 11 is 0. The SMILES string of the molecule is CC(N)Cc1ccc(N2CCCCC2C)c(F)c1. The van der Waals surface area contributed by atoms with Gasteiger partial charge in [-0.05, 0) is 57.2 Å². The van der Waals surface area contributed by atoms with E-state index in [2.05, 4.69) is 11.8 Å². The van der Waals surface area contributed by atoms with Crippen molar-refractivity contribution in [1.82, 2.24) is 0 Å². The molecule has 0 amide bonds. The van der Waals surface area contributed by atoms with Gasteiger partial charge in [-0.3, -0.25) is 0 Å². The summed E-state index contributed by atoms with van der Waals surface area (Å²) in [5, 5.41) is 0. The molecule has 1 saturated heterocycles. The highest BCUT2D eigenvalue weighted by Gasteiger charge is 2.21. The van der Waals surface area contributed by atoms with Crippen molar-refractivity contribution in [2.75, 3.05) is 11.4 Å². The van der Waals surface area contributed by atoms with Gasteiger partial charge in [0.15, 0.2) is 0 Å². The lowest BCUT2D eigenvalue weighted by molar-refractivity contribution is 0.475. The van der Waals surface area contributed by atoms with Crippen molar-refractivity contribution in [2.45, 2.75) is 51.6 Å². The molecule has 2 nitrogen and oxygen atoms in total. The Balaban J connectivity index is 2.18. The number of nitrogens with zero attached hydrogens (tertiary/aromatic N) is 1. The molecule has 0 aromatic heterocycles. The summed E-state index contributed by atoms with van der Waals surface area (Å²) in [6, 6.07) is 6.06. The predicted octanol–water partition coefficient (Wildman–Crippen LogP) is 3.09. The quantitative estimate of drug-likeness (QED) is 0.893. The number of nitrogens with two attached hydrogens (primary N) is 1. The number of piperidine rings is 1. The van der Waals surface area contributed by atoms with Crippen LogP contribution in [0.1, 0.15) is 38.7 Å². The van der Waals surface area contributed by atoms with Gasteiger partial charge < -0.3 is 10.6 Å². The van der Waals surface area contributed by atoms with Gasteiger partial charge in [-0.25, -0.2) is 4.39 Å². The van der Waals surface area contributed by atoms with Gasteiger partial charge in [-0.1, -0.05) is 6.07 Å². The molecule has 0 radical (unpaired) electrons. The molecule has 2 unspecified atom stereocenters. The molecular formula is C15H23FN2. The number of hydrogen-bond donors (Lipinski definition) is 1. The largest absolute Gasteiger partial charge is 0.366 e. The van der Waals surface area contributed by atoms with Crippen LogP contribution in [-0.4, -0.2) is 18.6 Å². The molecule has 18 heavy (non-hydrogen) atoms. The first-order chi connectivity index (χ1) is 8.58. The fourth-order valence-electron chi connectivity index (χ4n) is 2.74. The zero-order valence-electron chi connectivity index (χ0n) is 11.3. The van der Waals surface area contributed by atoms with Gasteiger partial charge in [0.2, 0.25) is 0 Å². The van der Waals surface area contributed by atoms with E-state index < -0.39 is 0 Å². The molecule has 2 atom stereocenters. The predicted molar refractivity (Wildman–Crippen MR) is 74.4 cm³/mol. The minimum absolute atomic E-state index is 0.0733. The van der Waals surface area contributed by atoms with Crippen molar-refractivity contribution < 1.29 is 4.39 Å². The summed E-state index contributed by atoms with van der Waals surface area (Å²) in [6.07, 6.45) is 4.29. The van der Waals surface area contributed by atoms with Crippen LogP contribution < -0.4 is 10.6 Å².